The van der Waals surface area contributed by atoms with Crippen molar-refractivity contribution in [1.29, 1.82) is 0 Å². The molecule has 108 valence electrons. The molecule has 2 aromatic rings. The van der Waals surface area contributed by atoms with Crippen molar-refractivity contribution in [3.63, 3.8) is 0 Å². The van der Waals surface area contributed by atoms with E-state index in [-0.39, 0.29) is 0 Å². The quantitative estimate of drug-likeness (QED) is 0.625. The smallest absolute Gasteiger partial charge is 0.352 e. The van der Waals surface area contributed by atoms with Gasteiger partial charge in [-0.05, 0) is 30.7 Å². The summed E-state index contributed by atoms with van der Waals surface area (Å²) >= 11 is 0. The van der Waals surface area contributed by atoms with Crippen LogP contribution in [0, 0.1) is 0 Å². The Balaban J connectivity index is 1.99. The molecule has 0 amide bonds. The van der Waals surface area contributed by atoms with E-state index in [2.05, 4.69) is 0 Å². The monoisotopic (exact) mass is 284 g/mol. The number of carbonyl (C=O) groups excluding carboxylic acids is 2. The molecule has 0 aromatic heterocycles. The molecule has 2 rings (SSSR count). The number of esters is 2. The zero-order valence-corrected chi connectivity index (χ0v) is 11.7. The van der Waals surface area contributed by atoms with E-state index in [0.29, 0.717) is 17.7 Å². The zero-order chi connectivity index (χ0) is 15.1. The number of carbonyl (C=O) groups is 2. The van der Waals surface area contributed by atoms with Gasteiger partial charge in [0, 0.05) is 0 Å². The lowest BCUT2D eigenvalue weighted by Crippen LogP contribution is -2.30. The van der Waals surface area contributed by atoms with E-state index in [9.17, 15) is 9.59 Å². The average molecular weight is 284 g/mol. The average Bonchev–Trinajstić information content (AvgIpc) is 2.54. The van der Waals surface area contributed by atoms with Crippen LogP contribution >= 0.6 is 0 Å². The number of para-hydroxylation sites is 1. The summed E-state index contributed by atoms with van der Waals surface area (Å²) in [6.45, 7) is 1.76. The lowest BCUT2D eigenvalue weighted by atomic mass is 10.2. The number of hydrogen-bond donors (Lipinski definition) is 0. The van der Waals surface area contributed by atoms with Gasteiger partial charge in [-0.3, -0.25) is 0 Å². The predicted molar refractivity (Wildman–Crippen MR) is 78.0 cm³/mol. The third kappa shape index (κ3) is 4.18. The molecule has 21 heavy (non-hydrogen) atoms. The molecule has 0 spiro atoms. The van der Waals surface area contributed by atoms with Crippen LogP contribution in [-0.4, -0.2) is 18.0 Å². The van der Waals surface area contributed by atoms with Gasteiger partial charge in [0.2, 0.25) is 0 Å². The van der Waals surface area contributed by atoms with E-state index in [1.54, 1.807) is 61.5 Å². The van der Waals surface area contributed by atoms with Gasteiger partial charge in [0.05, 0.1) is 5.56 Å². The van der Waals surface area contributed by atoms with Gasteiger partial charge in [-0.2, -0.15) is 0 Å². The molecule has 0 saturated carbocycles. The van der Waals surface area contributed by atoms with Crippen LogP contribution in [0.25, 0.3) is 0 Å². The van der Waals surface area contributed by atoms with Gasteiger partial charge in [-0.25, -0.2) is 9.59 Å². The van der Waals surface area contributed by atoms with E-state index >= 15 is 0 Å². The topological polar surface area (TPSA) is 52.6 Å². The zero-order valence-electron chi connectivity index (χ0n) is 11.7. The summed E-state index contributed by atoms with van der Waals surface area (Å²) in [6.07, 6.45) is -0.567. The van der Waals surface area contributed by atoms with Crippen molar-refractivity contribution in [3.8, 4) is 5.75 Å². The highest BCUT2D eigenvalue weighted by Crippen LogP contribution is 2.13. The number of ether oxygens (including phenoxy) is 2. The molecule has 0 aliphatic carbocycles. The molecule has 0 aliphatic rings. The van der Waals surface area contributed by atoms with Crippen LogP contribution < -0.4 is 4.74 Å². The van der Waals surface area contributed by atoms with Gasteiger partial charge in [-0.1, -0.05) is 43.3 Å². The van der Waals surface area contributed by atoms with E-state index in [1.807, 2.05) is 6.07 Å². The second-order valence-corrected chi connectivity index (χ2v) is 4.40. The fraction of sp³-hybridized carbons (Fsp3) is 0.176. The molecule has 0 N–H and O–H groups in total. The van der Waals surface area contributed by atoms with Crippen molar-refractivity contribution in [1.82, 2.24) is 0 Å². The standard InChI is InChI=1S/C17H16O4/c1-2-15(17(19)20-14-11-7-4-8-12-14)21-16(18)13-9-5-3-6-10-13/h3-12,15H,2H2,1H3. The number of rotatable bonds is 5. The van der Waals surface area contributed by atoms with Crippen LogP contribution in [0.2, 0.25) is 0 Å². The van der Waals surface area contributed by atoms with Gasteiger partial charge >= 0.3 is 11.9 Å². The van der Waals surface area contributed by atoms with Gasteiger partial charge < -0.3 is 9.47 Å². The predicted octanol–water partition coefficient (Wildman–Crippen LogP) is 3.23. The van der Waals surface area contributed by atoms with Crippen LogP contribution in [0.3, 0.4) is 0 Å². The van der Waals surface area contributed by atoms with Crippen LogP contribution in [0.1, 0.15) is 23.7 Å². The van der Waals surface area contributed by atoms with Crippen LogP contribution in [-0.2, 0) is 9.53 Å². The normalized spacial score (nSPS) is 11.5. The fourth-order valence-corrected chi connectivity index (χ4v) is 1.74. The third-order valence-corrected chi connectivity index (χ3v) is 2.85. The summed E-state index contributed by atoms with van der Waals surface area (Å²) in [5, 5.41) is 0. The van der Waals surface area contributed by atoms with E-state index in [1.165, 1.54) is 0 Å². The molecule has 0 heterocycles. The minimum Gasteiger partial charge on any atom is -0.447 e. The molecule has 0 saturated heterocycles. The van der Waals surface area contributed by atoms with Gasteiger partial charge in [-0.15, -0.1) is 0 Å². The maximum atomic E-state index is 12.0. The summed E-state index contributed by atoms with van der Waals surface area (Å²) < 4.78 is 10.4. The first-order chi connectivity index (χ1) is 10.2. The van der Waals surface area contributed by atoms with E-state index < -0.39 is 18.0 Å². The van der Waals surface area contributed by atoms with Gasteiger partial charge in [0.25, 0.3) is 0 Å². The van der Waals surface area contributed by atoms with E-state index in [0.717, 1.165) is 0 Å². The van der Waals surface area contributed by atoms with Crippen LogP contribution in [0.15, 0.2) is 60.7 Å². The van der Waals surface area contributed by atoms with Crippen molar-refractivity contribution in [2.45, 2.75) is 19.4 Å². The molecule has 1 atom stereocenters. The molecule has 0 fully saturated rings. The minimum atomic E-state index is -0.919. The minimum absolute atomic E-state index is 0.351. The van der Waals surface area contributed by atoms with Gasteiger partial charge in [0.15, 0.2) is 6.10 Å². The highest BCUT2D eigenvalue weighted by atomic mass is 16.6. The Morgan fingerprint density at radius 3 is 2.10 bits per heavy atom. The highest BCUT2D eigenvalue weighted by molar-refractivity contribution is 5.91. The molecule has 1 unspecified atom stereocenters. The number of benzene rings is 2. The lowest BCUT2D eigenvalue weighted by molar-refractivity contribution is -0.144. The van der Waals surface area contributed by atoms with Crippen LogP contribution in [0.5, 0.6) is 5.75 Å². The Morgan fingerprint density at radius 1 is 0.952 bits per heavy atom. The Morgan fingerprint density at radius 2 is 1.52 bits per heavy atom. The fourth-order valence-electron chi connectivity index (χ4n) is 1.74. The molecular formula is C17H16O4. The first-order valence-electron chi connectivity index (χ1n) is 6.73. The Bertz CT molecular complexity index is 593. The second kappa shape index (κ2) is 7.24. The Hall–Kier alpha value is -2.62. The molecule has 0 bridgehead atoms. The first-order valence-corrected chi connectivity index (χ1v) is 6.73. The summed E-state index contributed by atoms with van der Waals surface area (Å²) in [6, 6.07) is 17.2. The van der Waals surface area contributed by atoms with Crippen molar-refractivity contribution in [3.05, 3.63) is 66.2 Å². The molecule has 2 aromatic carbocycles. The molecule has 0 aliphatic heterocycles. The Labute approximate surface area is 123 Å². The summed E-state index contributed by atoms with van der Waals surface area (Å²) in [7, 11) is 0. The van der Waals surface area contributed by atoms with Crippen molar-refractivity contribution in [2.24, 2.45) is 0 Å². The van der Waals surface area contributed by atoms with Crippen molar-refractivity contribution in [2.75, 3.05) is 0 Å². The third-order valence-electron chi connectivity index (χ3n) is 2.85. The highest BCUT2D eigenvalue weighted by Gasteiger charge is 2.23. The van der Waals surface area contributed by atoms with Gasteiger partial charge in [0.1, 0.15) is 5.75 Å². The lowest BCUT2D eigenvalue weighted by Gasteiger charge is -2.15. The molecule has 4 nitrogen and oxygen atoms in total. The number of hydrogen-bond acceptors (Lipinski definition) is 4. The maximum absolute atomic E-state index is 12.0. The maximum Gasteiger partial charge on any atom is 0.352 e. The molecular weight excluding hydrogens is 268 g/mol. The SMILES string of the molecule is CCC(OC(=O)c1ccccc1)C(=O)Oc1ccccc1. The Kier molecular flexibility index (Phi) is 5.10. The molecule has 4 heteroatoms. The van der Waals surface area contributed by atoms with Crippen molar-refractivity contribution >= 4 is 11.9 Å². The van der Waals surface area contributed by atoms with Crippen LogP contribution in [0.4, 0.5) is 0 Å². The van der Waals surface area contributed by atoms with E-state index in [4.69, 9.17) is 9.47 Å². The summed E-state index contributed by atoms with van der Waals surface area (Å²) in [4.78, 5) is 24.0. The van der Waals surface area contributed by atoms with Crippen molar-refractivity contribution < 1.29 is 19.1 Å². The summed E-state index contributed by atoms with van der Waals surface area (Å²) in [5.41, 5.74) is 0.406. The summed E-state index contributed by atoms with van der Waals surface area (Å²) in [5.74, 6) is -0.683. The second-order valence-electron chi connectivity index (χ2n) is 4.40. The molecule has 0 radical (unpaired) electrons. The first kappa shape index (κ1) is 14.8. The largest absolute Gasteiger partial charge is 0.447 e.